The first-order valence-corrected chi connectivity index (χ1v) is 8.59. The zero-order chi connectivity index (χ0) is 17.8. The smallest absolute Gasteiger partial charge is 0.242 e. The Kier molecular flexibility index (Phi) is 5.24. The molecule has 5 heteroatoms. The number of hydrogen-bond acceptors (Lipinski definition) is 5. The molecular weight excluding hydrogens is 316 g/mol. The van der Waals surface area contributed by atoms with Gasteiger partial charge in [-0.2, -0.15) is 0 Å². The van der Waals surface area contributed by atoms with Gasteiger partial charge in [-0.15, -0.1) is 5.48 Å². The predicted octanol–water partition coefficient (Wildman–Crippen LogP) is 4.08. The van der Waals surface area contributed by atoms with Crippen molar-refractivity contribution in [3.63, 3.8) is 0 Å². The Balaban J connectivity index is 1.86. The number of aryl methyl sites for hydroxylation is 2. The quantitative estimate of drug-likeness (QED) is 0.861. The molecule has 0 spiro atoms. The largest absolute Gasteiger partial charge is 0.490 e. The van der Waals surface area contributed by atoms with Crippen molar-refractivity contribution >= 4 is 5.90 Å². The van der Waals surface area contributed by atoms with Crippen LogP contribution in [-0.2, 0) is 4.84 Å². The third kappa shape index (κ3) is 3.77. The van der Waals surface area contributed by atoms with Crippen LogP contribution in [0.1, 0.15) is 42.3 Å². The molecule has 0 fully saturated rings. The molecule has 0 saturated carbocycles. The molecule has 2 aromatic carbocycles. The molecule has 1 unspecified atom stereocenters. The molecule has 1 atom stereocenters. The van der Waals surface area contributed by atoms with E-state index < -0.39 is 0 Å². The second-order valence-electron chi connectivity index (χ2n) is 5.93. The molecule has 0 radical (unpaired) electrons. The van der Waals surface area contributed by atoms with Crippen molar-refractivity contribution in [3.05, 3.63) is 58.7 Å². The monoisotopic (exact) mass is 340 g/mol. The molecule has 0 aliphatic carbocycles. The van der Waals surface area contributed by atoms with E-state index in [4.69, 9.17) is 14.3 Å². The number of hydroxylamine groups is 1. The van der Waals surface area contributed by atoms with Crippen molar-refractivity contribution in [2.45, 2.75) is 33.9 Å². The molecule has 25 heavy (non-hydrogen) atoms. The maximum atomic E-state index is 5.67. The molecule has 1 N–H and O–H groups in total. The first-order valence-electron chi connectivity index (χ1n) is 8.59. The molecule has 3 rings (SSSR count). The summed E-state index contributed by atoms with van der Waals surface area (Å²) in [6.07, 6.45) is -0.212. The SMILES string of the molecule is CCOc1ccc(C2=NC(c3ccc(C)c(C)c3)NO2)cc1OCC. The van der Waals surface area contributed by atoms with E-state index in [-0.39, 0.29) is 6.17 Å². The molecule has 0 saturated heterocycles. The average Bonchev–Trinajstić information content (AvgIpc) is 3.09. The minimum atomic E-state index is -0.212. The van der Waals surface area contributed by atoms with Crippen LogP contribution in [-0.4, -0.2) is 19.1 Å². The number of nitrogens with one attached hydrogen (secondary N) is 1. The number of benzene rings is 2. The van der Waals surface area contributed by atoms with Crippen LogP contribution in [0.3, 0.4) is 0 Å². The molecule has 0 aromatic heterocycles. The van der Waals surface area contributed by atoms with Gasteiger partial charge in [-0.25, -0.2) is 4.99 Å². The highest BCUT2D eigenvalue weighted by molar-refractivity contribution is 5.95. The van der Waals surface area contributed by atoms with Gasteiger partial charge in [0, 0.05) is 5.56 Å². The van der Waals surface area contributed by atoms with Gasteiger partial charge in [-0.3, -0.25) is 0 Å². The second kappa shape index (κ2) is 7.57. The van der Waals surface area contributed by atoms with E-state index >= 15 is 0 Å². The second-order valence-corrected chi connectivity index (χ2v) is 5.93. The van der Waals surface area contributed by atoms with Crippen LogP contribution < -0.4 is 15.0 Å². The lowest BCUT2D eigenvalue weighted by molar-refractivity contribution is 0.180. The summed E-state index contributed by atoms with van der Waals surface area (Å²) in [7, 11) is 0. The minimum absolute atomic E-state index is 0.212. The summed E-state index contributed by atoms with van der Waals surface area (Å²) in [4.78, 5) is 10.3. The van der Waals surface area contributed by atoms with Gasteiger partial charge in [0.1, 0.15) is 0 Å². The highest BCUT2D eigenvalue weighted by Crippen LogP contribution is 2.30. The molecule has 2 aromatic rings. The Morgan fingerprint density at radius 3 is 2.44 bits per heavy atom. The Morgan fingerprint density at radius 1 is 0.960 bits per heavy atom. The number of ether oxygens (including phenoxy) is 2. The van der Waals surface area contributed by atoms with Crippen molar-refractivity contribution < 1.29 is 14.3 Å². The van der Waals surface area contributed by atoms with Gasteiger partial charge < -0.3 is 14.3 Å². The molecule has 0 amide bonds. The van der Waals surface area contributed by atoms with Gasteiger partial charge >= 0.3 is 0 Å². The zero-order valence-electron chi connectivity index (χ0n) is 15.1. The lowest BCUT2D eigenvalue weighted by atomic mass is 10.1. The summed E-state index contributed by atoms with van der Waals surface area (Å²) in [5.74, 6) is 1.97. The van der Waals surface area contributed by atoms with E-state index in [1.165, 1.54) is 11.1 Å². The van der Waals surface area contributed by atoms with Crippen molar-refractivity contribution in [1.29, 1.82) is 0 Å². The Hall–Kier alpha value is -2.53. The lowest BCUT2D eigenvalue weighted by Gasteiger charge is -2.11. The van der Waals surface area contributed by atoms with Crippen LogP contribution in [0.2, 0.25) is 0 Å². The van der Waals surface area contributed by atoms with E-state index in [1.807, 2.05) is 32.0 Å². The van der Waals surface area contributed by atoms with Gasteiger partial charge in [-0.1, -0.05) is 18.2 Å². The highest BCUT2D eigenvalue weighted by atomic mass is 16.7. The van der Waals surface area contributed by atoms with Gasteiger partial charge in [0.2, 0.25) is 5.90 Å². The van der Waals surface area contributed by atoms with Crippen molar-refractivity contribution in [2.24, 2.45) is 4.99 Å². The van der Waals surface area contributed by atoms with Crippen molar-refractivity contribution in [2.75, 3.05) is 13.2 Å². The molecule has 1 aliphatic heterocycles. The van der Waals surface area contributed by atoms with Gasteiger partial charge in [-0.05, 0) is 62.6 Å². The number of nitrogens with zero attached hydrogens (tertiary/aromatic N) is 1. The fraction of sp³-hybridized carbons (Fsp3) is 0.350. The predicted molar refractivity (Wildman–Crippen MR) is 98.2 cm³/mol. The third-order valence-corrected chi connectivity index (χ3v) is 4.15. The van der Waals surface area contributed by atoms with Gasteiger partial charge in [0.05, 0.1) is 13.2 Å². The molecule has 5 nitrogen and oxygen atoms in total. The normalized spacial score (nSPS) is 16.3. The van der Waals surface area contributed by atoms with Crippen LogP contribution in [0.4, 0.5) is 0 Å². The summed E-state index contributed by atoms with van der Waals surface area (Å²) in [6.45, 7) is 9.25. The van der Waals surface area contributed by atoms with E-state index in [1.54, 1.807) is 0 Å². The molecule has 0 bridgehead atoms. The number of aliphatic imine (C=N–C) groups is 1. The van der Waals surface area contributed by atoms with E-state index in [2.05, 4.69) is 42.5 Å². The summed E-state index contributed by atoms with van der Waals surface area (Å²) in [5.41, 5.74) is 7.42. The fourth-order valence-electron chi connectivity index (χ4n) is 2.68. The zero-order valence-corrected chi connectivity index (χ0v) is 15.1. The third-order valence-electron chi connectivity index (χ3n) is 4.15. The van der Waals surface area contributed by atoms with Crippen LogP contribution in [0, 0.1) is 13.8 Å². The van der Waals surface area contributed by atoms with Crippen molar-refractivity contribution in [3.8, 4) is 11.5 Å². The van der Waals surface area contributed by atoms with Crippen LogP contribution >= 0.6 is 0 Å². The van der Waals surface area contributed by atoms with E-state index in [0.29, 0.717) is 24.9 Å². The Labute approximate surface area is 148 Å². The summed E-state index contributed by atoms with van der Waals surface area (Å²) >= 11 is 0. The number of rotatable bonds is 6. The molecule has 1 aliphatic rings. The van der Waals surface area contributed by atoms with Gasteiger partial charge in [0.25, 0.3) is 0 Å². The molecule has 132 valence electrons. The fourth-order valence-corrected chi connectivity index (χ4v) is 2.68. The van der Waals surface area contributed by atoms with E-state index in [0.717, 1.165) is 16.9 Å². The topological polar surface area (TPSA) is 52.1 Å². The molecular formula is C20H24N2O3. The Bertz CT molecular complexity index is 787. The summed E-state index contributed by atoms with van der Waals surface area (Å²) in [6, 6.07) is 12.0. The average molecular weight is 340 g/mol. The standard InChI is InChI=1S/C20H24N2O3/c1-5-23-17-10-9-16(12-18(17)24-6-2)20-21-19(22-25-20)15-8-7-13(3)14(4)11-15/h7-12,19,22H,5-6H2,1-4H3. The van der Waals surface area contributed by atoms with Crippen LogP contribution in [0.25, 0.3) is 0 Å². The maximum Gasteiger partial charge on any atom is 0.242 e. The first-order chi connectivity index (χ1) is 12.1. The molecule has 1 heterocycles. The summed E-state index contributed by atoms with van der Waals surface area (Å²) in [5, 5.41) is 0. The number of hydrogen-bond donors (Lipinski definition) is 1. The lowest BCUT2D eigenvalue weighted by Crippen LogP contribution is -2.15. The Morgan fingerprint density at radius 2 is 1.72 bits per heavy atom. The van der Waals surface area contributed by atoms with E-state index in [9.17, 15) is 0 Å². The van der Waals surface area contributed by atoms with Crippen LogP contribution in [0.15, 0.2) is 41.4 Å². The van der Waals surface area contributed by atoms with Crippen molar-refractivity contribution in [1.82, 2.24) is 5.48 Å². The van der Waals surface area contributed by atoms with Crippen LogP contribution in [0.5, 0.6) is 11.5 Å². The summed E-state index contributed by atoms with van der Waals surface area (Å²) < 4.78 is 11.3. The maximum absolute atomic E-state index is 5.67. The highest BCUT2D eigenvalue weighted by Gasteiger charge is 2.22. The van der Waals surface area contributed by atoms with Gasteiger partial charge in [0.15, 0.2) is 17.7 Å². The minimum Gasteiger partial charge on any atom is -0.490 e. The first kappa shape index (κ1) is 17.3.